The zero-order chi connectivity index (χ0) is 8.97. The summed E-state index contributed by atoms with van der Waals surface area (Å²) < 4.78 is 5.44. The molecule has 0 aliphatic rings. The minimum absolute atomic E-state index is 0.0137. The van der Waals surface area contributed by atoms with Crippen LogP contribution in [0, 0.1) is 0 Å². The van der Waals surface area contributed by atoms with Crippen LogP contribution in [0.5, 0.6) is 0 Å². The van der Waals surface area contributed by atoms with Gasteiger partial charge in [0.15, 0.2) is 0 Å². The number of aromatic nitrogens is 2. The van der Waals surface area contributed by atoms with Crippen molar-refractivity contribution in [3.8, 4) is 0 Å². The maximum atomic E-state index is 5.44. The predicted octanol–water partition coefficient (Wildman–Crippen LogP) is 1.61. The third kappa shape index (κ3) is 2.42. The normalized spacial score (nSPS) is 13.2. The van der Waals surface area contributed by atoms with Crippen LogP contribution in [0.4, 0.5) is 5.13 Å². The Balaban J connectivity index is 2.47. The SMILES string of the molecule is CCCO[C@@H](C)c1nnc(N)s1. The molecule has 68 valence electrons. The van der Waals surface area contributed by atoms with Gasteiger partial charge in [0.25, 0.3) is 0 Å². The molecule has 0 radical (unpaired) electrons. The summed E-state index contributed by atoms with van der Waals surface area (Å²) in [7, 11) is 0. The summed E-state index contributed by atoms with van der Waals surface area (Å²) in [5.74, 6) is 0. The number of nitrogens with zero attached hydrogens (tertiary/aromatic N) is 2. The van der Waals surface area contributed by atoms with Crippen molar-refractivity contribution >= 4 is 16.5 Å². The summed E-state index contributed by atoms with van der Waals surface area (Å²) in [5.41, 5.74) is 5.43. The molecule has 1 rings (SSSR count). The zero-order valence-corrected chi connectivity index (χ0v) is 8.10. The molecule has 0 spiro atoms. The van der Waals surface area contributed by atoms with Crippen LogP contribution < -0.4 is 5.73 Å². The molecule has 1 aromatic rings. The summed E-state index contributed by atoms with van der Waals surface area (Å²) in [4.78, 5) is 0. The van der Waals surface area contributed by atoms with Crippen molar-refractivity contribution in [1.29, 1.82) is 0 Å². The fourth-order valence-corrected chi connectivity index (χ4v) is 1.39. The lowest BCUT2D eigenvalue weighted by Crippen LogP contribution is -2.00. The molecule has 0 aromatic carbocycles. The molecule has 0 unspecified atom stereocenters. The van der Waals surface area contributed by atoms with Crippen molar-refractivity contribution in [3.05, 3.63) is 5.01 Å². The standard InChI is InChI=1S/C7H13N3OS/c1-3-4-11-5(2)6-9-10-7(8)12-6/h5H,3-4H2,1-2H3,(H2,8,10)/t5-/m0/s1. The number of rotatable bonds is 4. The Morgan fingerprint density at radius 1 is 1.58 bits per heavy atom. The summed E-state index contributed by atoms with van der Waals surface area (Å²) in [5, 5.41) is 8.94. The second-order valence-electron chi connectivity index (χ2n) is 2.49. The van der Waals surface area contributed by atoms with Crippen LogP contribution in [-0.4, -0.2) is 16.8 Å². The average Bonchev–Trinajstić information content (AvgIpc) is 2.47. The van der Waals surface area contributed by atoms with Crippen LogP contribution in [0.2, 0.25) is 0 Å². The van der Waals surface area contributed by atoms with Crippen LogP contribution >= 0.6 is 11.3 Å². The van der Waals surface area contributed by atoms with Gasteiger partial charge in [-0.05, 0) is 13.3 Å². The van der Waals surface area contributed by atoms with E-state index < -0.39 is 0 Å². The Hall–Kier alpha value is -0.680. The van der Waals surface area contributed by atoms with Crippen molar-refractivity contribution in [2.45, 2.75) is 26.4 Å². The summed E-state index contributed by atoms with van der Waals surface area (Å²) >= 11 is 1.38. The second kappa shape index (κ2) is 4.37. The van der Waals surface area contributed by atoms with E-state index >= 15 is 0 Å². The highest BCUT2D eigenvalue weighted by Crippen LogP contribution is 2.21. The minimum Gasteiger partial charge on any atom is -0.374 e. The van der Waals surface area contributed by atoms with Gasteiger partial charge in [0.2, 0.25) is 5.13 Å². The van der Waals surface area contributed by atoms with Gasteiger partial charge in [0.05, 0.1) is 0 Å². The Morgan fingerprint density at radius 2 is 2.33 bits per heavy atom. The Kier molecular flexibility index (Phi) is 3.43. The predicted molar refractivity (Wildman–Crippen MR) is 49.0 cm³/mol. The molecule has 0 fully saturated rings. The molecule has 1 heterocycles. The lowest BCUT2D eigenvalue weighted by molar-refractivity contribution is 0.0656. The Morgan fingerprint density at radius 3 is 2.83 bits per heavy atom. The highest BCUT2D eigenvalue weighted by atomic mass is 32.1. The lowest BCUT2D eigenvalue weighted by Gasteiger charge is -2.07. The number of ether oxygens (including phenoxy) is 1. The van der Waals surface area contributed by atoms with E-state index in [1.54, 1.807) is 0 Å². The number of hydrogen-bond donors (Lipinski definition) is 1. The van der Waals surface area contributed by atoms with Crippen LogP contribution in [0.1, 0.15) is 31.4 Å². The monoisotopic (exact) mass is 187 g/mol. The van der Waals surface area contributed by atoms with E-state index in [0.29, 0.717) is 5.13 Å². The number of anilines is 1. The fourth-order valence-electron chi connectivity index (χ4n) is 0.777. The summed E-state index contributed by atoms with van der Waals surface area (Å²) in [6.07, 6.45) is 1.03. The van der Waals surface area contributed by atoms with Gasteiger partial charge < -0.3 is 10.5 Å². The molecule has 0 bridgehead atoms. The van der Waals surface area contributed by atoms with E-state index in [0.717, 1.165) is 18.0 Å². The smallest absolute Gasteiger partial charge is 0.203 e. The first-order valence-electron chi connectivity index (χ1n) is 3.94. The molecule has 2 N–H and O–H groups in total. The summed E-state index contributed by atoms with van der Waals surface area (Å²) in [6, 6.07) is 0. The van der Waals surface area contributed by atoms with Gasteiger partial charge in [-0.1, -0.05) is 18.3 Å². The maximum Gasteiger partial charge on any atom is 0.203 e. The lowest BCUT2D eigenvalue weighted by atomic mass is 10.4. The number of nitrogen functional groups attached to an aromatic ring is 1. The number of nitrogens with two attached hydrogens (primary N) is 1. The highest BCUT2D eigenvalue weighted by molar-refractivity contribution is 7.15. The van der Waals surface area contributed by atoms with E-state index in [1.807, 2.05) is 6.92 Å². The van der Waals surface area contributed by atoms with E-state index in [4.69, 9.17) is 10.5 Å². The minimum atomic E-state index is 0.0137. The fraction of sp³-hybridized carbons (Fsp3) is 0.714. The molecule has 4 nitrogen and oxygen atoms in total. The Bertz CT molecular complexity index is 238. The highest BCUT2D eigenvalue weighted by Gasteiger charge is 2.10. The average molecular weight is 187 g/mol. The molecule has 0 saturated heterocycles. The molecule has 0 aliphatic carbocycles. The van der Waals surface area contributed by atoms with Gasteiger partial charge in [-0.15, -0.1) is 10.2 Å². The maximum absolute atomic E-state index is 5.44. The first-order valence-corrected chi connectivity index (χ1v) is 4.76. The molecule has 1 aromatic heterocycles. The topological polar surface area (TPSA) is 61.0 Å². The molecule has 0 aliphatic heterocycles. The van der Waals surface area contributed by atoms with Gasteiger partial charge in [-0.2, -0.15) is 0 Å². The van der Waals surface area contributed by atoms with Gasteiger partial charge >= 0.3 is 0 Å². The van der Waals surface area contributed by atoms with Crippen molar-refractivity contribution < 1.29 is 4.74 Å². The molecule has 5 heteroatoms. The first kappa shape index (κ1) is 9.41. The summed E-state index contributed by atoms with van der Waals surface area (Å²) in [6.45, 7) is 4.78. The molecule has 0 amide bonds. The number of hydrogen-bond acceptors (Lipinski definition) is 5. The van der Waals surface area contributed by atoms with Crippen molar-refractivity contribution in [3.63, 3.8) is 0 Å². The quantitative estimate of drug-likeness (QED) is 0.777. The first-order chi connectivity index (χ1) is 5.74. The van der Waals surface area contributed by atoms with E-state index in [2.05, 4.69) is 17.1 Å². The van der Waals surface area contributed by atoms with Crippen molar-refractivity contribution in [1.82, 2.24) is 10.2 Å². The van der Waals surface area contributed by atoms with Gasteiger partial charge in [-0.3, -0.25) is 0 Å². The molecule has 0 saturated carbocycles. The van der Waals surface area contributed by atoms with Crippen LogP contribution in [0.15, 0.2) is 0 Å². The van der Waals surface area contributed by atoms with Crippen molar-refractivity contribution in [2.75, 3.05) is 12.3 Å². The molecule has 1 atom stereocenters. The molecule has 12 heavy (non-hydrogen) atoms. The van der Waals surface area contributed by atoms with Gasteiger partial charge in [-0.25, -0.2) is 0 Å². The second-order valence-corrected chi connectivity index (χ2v) is 3.53. The largest absolute Gasteiger partial charge is 0.374 e. The van der Waals surface area contributed by atoms with E-state index in [-0.39, 0.29) is 6.10 Å². The third-order valence-electron chi connectivity index (χ3n) is 1.38. The van der Waals surface area contributed by atoms with Crippen molar-refractivity contribution in [2.24, 2.45) is 0 Å². The Labute approximate surface area is 75.8 Å². The molecular weight excluding hydrogens is 174 g/mol. The van der Waals surface area contributed by atoms with Crippen LogP contribution in [0.3, 0.4) is 0 Å². The molecular formula is C7H13N3OS. The third-order valence-corrected chi connectivity index (χ3v) is 2.29. The zero-order valence-electron chi connectivity index (χ0n) is 7.28. The van der Waals surface area contributed by atoms with Gasteiger partial charge in [0.1, 0.15) is 11.1 Å². The van der Waals surface area contributed by atoms with E-state index in [1.165, 1.54) is 11.3 Å². The van der Waals surface area contributed by atoms with E-state index in [9.17, 15) is 0 Å². The van der Waals surface area contributed by atoms with Crippen LogP contribution in [-0.2, 0) is 4.74 Å². The van der Waals surface area contributed by atoms with Gasteiger partial charge in [0, 0.05) is 6.61 Å². The van der Waals surface area contributed by atoms with Crippen LogP contribution in [0.25, 0.3) is 0 Å².